The molecule has 18 heavy (non-hydrogen) atoms. The lowest BCUT2D eigenvalue weighted by atomic mass is 10.1. The van der Waals surface area contributed by atoms with Crippen molar-refractivity contribution in [3.63, 3.8) is 0 Å². The largest absolute Gasteiger partial charge is 0.481 e. The number of carboxylic acids is 1. The van der Waals surface area contributed by atoms with Crippen LogP contribution in [-0.2, 0) is 15.0 Å². The second-order valence-electron chi connectivity index (χ2n) is 5.63. The number of carbonyl (C=O) groups is 1. The maximum atomic E-state index is 12.1. The number of hydrogen-bond acceptors (Lipinski definition) is 3. The monoisotopic (exact) mass is 280 g/mol. The average Bonchev–Trinajstić information content (AvgIpc) is 2.12. The molecule has 0 aliphatic carbocycles. The first kappa shape index (κ1) is 17.3. The van der Waals surface area contributed by atoms with Crippen molar-refractivity contribution < 1.29 is 18.3 Å². The third-order valence-corrected chi connectivity index (χ3v) is 4.08. The van der Waals surface area contributed by atoms with Crippen LogP contribution in [0.4, 0.5) is 0 Å². The molecule has 0 radical (unpaired) electrons. The maximum Gasteiger partial charge on any atom is 0.304 e. The number of nitrogens with zero attached hydrogens (tertiary/aromatic N) is 1. The molecule has 0 rings (SSSR count). The molecular weight excluding hydrogens is 256 g/mol. The van der Waals surface area contributed by atoms with Gasteiger partial charge in [0.15, 0.2) is 0 Å². The minimum atomic E-state index is -3.65. The second-order valence-corrected chi connectivity index (χ2v) is 7.31. The Morgan fingerprint density at radius 1 is 1.33 bits per heavy atom. The minimum Gasteiger partial charge on any atom is -0.481 e. The van der Waals surface area contributed by atoms with Crippen LogP contribution in [0.25, 0.3) is 0 Å². The third kappa shape index (κ3) is 6.32. The molecule has 0 aliphatic rings. The van der Waals surface area contributed by atoms with Crippen molar-refractivity contribution in [2.24, 2.45) is 5.92 Å². The summed E-state index contributed by atoms with van der Waals surface area (Å²) >= 11 is 0. The van der Waals surface area contributed by atoms with E-state index in [0.29, 0.717) is 6.54 Å². The van der Waals surface area contributed by atoms with Crippen molar-refractivity contribution in [1.82, 2.24) is 9.03 Å². The van der Waals surface area contributed by atoms with Crippen LogP contribution in [0.15, 0.2) is 0 Å². The molecule has 0 amide bonds. The molecule has 0 aromatic rings. The molecule has 0 saturated heterocycles. The fourth-order valence-corrected chi connectivity index (χ4v) is 3.12. The van der Waals surface area contributed by atoms with E-state index in [1.807, 2.05) is 13.8 Å². The van der Waals surface area contributed by atoms with Crippen LogP contribution in [0.5, 0.6) is 0 Å². The number of hydrogen-bond donors (Lipinski definition) is 2. The number of carboxylic acid groups (broad SMARTS) is 1. The van der Waals surface area contributed by atoms with Gasteiger partial charge in [0.05, 0.1) is 6.42 Å². The van der Waals surface area contributed by atoms with Crippen LogP contribution in [0.1, 0.15) is 41.0 Å². The first-order valence-electron chi connectivity index (χ1n) is 5.96. The summed E-state index contributed by atoms with van der Waals surface area (Å²) in [5.74, 6) is -0.815. The van der Waals surface area contributed by atoms with Gasteiger partial charge in [-0.15, -0.1) is 0 Å². The summed E-state index contributed by atoms with van der Waals surface area (Å²) in [5, 5.41) is 8.67. The molecule has 0 bridgehead atoms. The zero-order valence-electron chi connectivity index (χ0n) is 11.7. The highest BCUT2D eigenvalue weighted by atomic mass is 32.2. The summed E-state index contributed by atoms with van der Waals surface area (Å²) in [6.45, 7) is 9.33. The van der Waals surface area contributed by atoms with Gasteiger partial charge < -0.3 is 5.11 Å². The highest BCUT2D eigenvalue weighted by Gasteiger charge is 2.32. The number of rotatable bonds is 7. The smallest absolute Gasteiger partial charge is 0.304 e. The van der Waals surface area contributed by atoms with Gasteiger partial charge >= 0.3 is 5.97 Å². The molecule has 0 aliphatic heterocycles. The van der Waals surface area contributed by atoms with E-state index in [-0.39, 0.29) is 18.9 Å². The van der Waals surface area contributed by atoms with Crippen molar-refractivity contribution in [2.45, 2.75) is 46.6 Å². The number of aliphatic carboxylic acids is 1. The third-order valence-electron chi connectivity index (χ3n) is 2.24. The van der Waals surface area contributed by atoms with Gasteiger partial charge in [0.2, 0.25) is 0 Å². The molecule has 0 saturated carbocycles. The SMILES string of the molecule is CC(C)CNS(=O)(=O)N(CCC(=O)O)C(C)(C)C. The van der Waals surface area contributed by atoms with E-state index in [4.69, 9.17) is 5.11 Å². The van der Waals surface area contributed by atoms with Gasteiger partial charge in [0, 0.05) is 18.6 Å². The molecule has 0 spiro atoms. The summed E-state index contributed by atoms with van der Waals surface area (Å²) in [6, 6.07) is 0. The first-order valence-corrected chi connectivity index (χ1v) is 7.40. The summed E-state index contributed by atoms with van der Waals surface area (Å²) in [5.41, 5.74) is -0.655. The van der Waals surface area contributed by atoms with E-state index in [0.717, 1.165) is 0 Å². The second kappa shape index (κ2) is 6.49. The van der Waals surface area contributed by atoms with Gasteiger partial charge in [-0.3, -0.25) is 4.79 Å². The molecule has 0 aromatic carbocycles. The Balaban J connectivity index is 4.89. The van der Waals surface area contributed by atoms with E-state index in [9.17, 15) is 13.2 Å². The van der Waals surface area contributed by atoms with E-state index in [2.05, 4.69) is 4.72 Å². The van der Waals surface area contributed by atoms with Gasteiger partial charge in [0.1, 0.15) is 0 Å². The Morgan fingerprint density at radius 2 is 1.83 bits per heavy atom. The lowest BCUT2D eigenvalue weighted by Crippen LogP contribution is -2.51. The highest BCUT2D eigenvalue weighted by molar-refractivity contribution is 7.87. The molecule has 2 N–H and O–H groups in total. The Hall–Kier alpha value is -0.660. The van der Waals surface area contributed by atoms with Crippen molar-refractivity contribution in [1.29, 1.82) is 0 Å². The predicted molar refractivity (Wildman–Crippen MR) is 70.5 cm³/mol. The maximum absolute atomic E-state index is 12.1. The summed E-state index contributed by atoms with van der Waals surface area (Å²) < 4.78 is 27.9. The lowest BCUT2D eigenvalue weighted by Gasteiger charge is -2.34. The van der Waals surface area contributed by atoms with Crippen LogP contribution in [0.2, 0.25) is 0 Å². The minimum absolute atomic E-state index is 0.0355. The molecule has 108 valence electrons. The Labute approximate surface area is 110 Å². The highest BCUT2D eigenvalue weighted by Crippen LogP contribution is 2.17. The summed E-state index contributed by atoms with van der Waals surface area (Å²) in [7, 11) is -3.65. The summed E-state index contributed by atoms with van der Waals surface area (Å²) in [6.07, 6.45) is -0.208. The lowest BCUT2D eigenvalue weighted by molar-refractivity contribution is -0.137. The molecule has 0 atom stereocenters. The predicted octanol–water partition coefficient (Wildman–Crippen LogP) is 1.05. The first-order chi connectivity index (χ1) is 7.97. The van der Waals surface area contributed by atoms with Crippen LogP contribution in [0.3, 0.4) is 0 Å². The van der Waals surface area contributed by atoms with Gasteiger partial charge in [0.25, 0.3) is 10.2 Å². The average molecular weight is 280 g/mol. The summed E-state index contributed by atoms with van der Waals surface area (Å²) in [4.78, 5) is 10.6. The van der Waals surface area contributed by atoms with Crippen LogP contribution in [-0.4, -0.2) is 42.4 Å². The molecule has 6 nitrogen and oxygen atoms in total. The molecule has 0 fully saturated rings. The van der Waals surface area contributed by atoms with Crippen molar-refractivity contribution in [2.75, 3.05) is 13.1 Å². The van der Waals surface area contributed by atoms with Gasteiger partial charge in [-0.25, -0.2) is 4.72 Å². The molecule has 0 aromatic heterocycles. The van der Waals surface area contributed by atoms with Crippen LogP contribution < -0.4 is 4.72 Å². The molecule has 0 heterocycles. The van der Waals surface area contributed by atoms with Crippen molar-refractivity contribution in [3.8, 4) is 0 Å². The van der Waals surface area contributed by atoms with Crippen LogP contribution >= 0.6 is 0 Å². The van der Waals surface area contributed by atoms with E-state index in [1.165, 1.54) is 4.31 Å². The molecule has 7 heteroatoms. The quantitative estimate of drug-likeness (QED) is 0.730. The molecule has 0 unspecified atom stereocenters. The van der Waals surface area contributed by atoms with Crippen molar-refractivity contribution >= 4 is 16.2 Å². The Kier molecular flexibility index (Phi) is 6.25. The van der Waals surface area contributed by atoms with Gasteiger partial charge in [-0.2, -0.15) is 12.7 Å². The zero-order chi connectivity index (χ0) is 14.6. The fourth-order valence-electron chi connectivity index (χ4n) is 1.36. The molecular formula is C11H24N2O4S. The standard InChI is InChI=1S/C11H24N2O4S/c1-9(2)8-12-18(16,17)13(11(3,4)5)7-6-10(14)15/h9,12H,6-8H2,1-5H3,(H,14,15). The van der Waals surface area contributed by atoms with E-state index >= 15 is 0 Å². The van der Waals surface area contributed by atoms with Crippen molar-refractivity contribution in [3.05, 3.63) is 0 Å². The van der Waals surface area contributed by atoms with Crippen LogP contribution in [0, 0.1) is 5.92 Å². The van der Waals surface area contributed by atoms with Gasteiger partial charge in [-0.05, 0) is 26.7 Å². The van der Waals surface area contributed by atoms with Gasteiger partial charge in [-0.1, -0.05) is 13.8 Å². The van der Waals surface area contributed by atoms with E-state index in [1.54, 1.807) is 20.8 Å². The Bertz CT molecular complexity index is 371. The number of nitrogens with one attached hydrogen (secondary N) is 1. The normalized spacial score (nSPS) is 13.3. The van der Waals surface area contributed by atoms with E-state index < -0.39 is 21.7 Å². The fraction of sp³-hybridized carbons (Fsp3) is 0.909. The zero-order valence-corrected chi connectivity index (χ0v) is 12.5. The Morgan fingerprint density at radius 3 is 2.17 bits per heavy atom. The topological polar surface area (TPSA) is 86.7 Å².